The van der Waals surface area contributed by atoms with Crippen molar-refractivity contribution >= 4 is 0 Å². The Morgan fingerprint density at radius 2 is 2.12 bits per heavy atom. The van der Waals surface area contributed by atoms with Crippen LogP contribution >= 0.6 is 0 Å². The van der Waals surface area contributed by atoms with E-state index in [0.29, 0.717) is 12.1 Å². The summed E-state index contributed by atoms with van der Waals surface area (Å²) in [6.45, 7) is 1.77. The molecule has 3 unspecified atom stereocenters. The van der Waals surface area contributed by atoms with E-state index in [1.54, 1.807) is 6.92 Å². The lowest BCUT2D eigenvalue weighted by atomic mass is 9.99. The molecule has 6 heteroatoms. The summed E-state index contributed by atoms with van der Waals surface area (Å²) in [5, 5.41) is 13.4. The summed E-state index contributed by atoms with van der Waals surface area (Å²) in [5.74, 6) is -0.0622. The summed E-state index contributed by atoms with van der Waals surface area (Å²) in [5.41, 5.74) is -0.800. The Morgan fingerprint density at radius 1 is 1.50 bits per heavy atom. The molecule has 2 aliphatic carbocycles. The Kier molecular flexibility index (Phi) is 1.55. The molecular formula is C10H11F3N2O. The van der Waals surface area contributed by atoms with Gasteiger partial charge in [0.15, 0.2) is 5.69 Å². The van der Waals surface area contributed by atoms with Crippen molar-refractivity contribution in [2.24, 2.45) is 13.0 Å². The van der Waals surface area contributed by atoms with Crippen LogP contribution in [-0.4, -0.2) is 14.9 Å². The summed E-state index contributed by atoms with van der Waals surface area (Å²) in [7, 11) is 1.45. The smallest absolute Gasteiger partial charge is 0.386 e. The van der Waals surface area contributed by atoms with Gasteiger partial charge in [0.1, 0.15) is 0 Å². The van der Waals surface area contributed by atoms with Gasteiger partial charge < -0.3 is 5.11 Å². The molecule has 2 aliphatic rings. The lowest BCUT2D eigenvalue weighted by Gasteiger charge is -2.09. The number of hydrogen-bond donors (Lipinski definition) is 1. The van der Waals surface area contributed by atoms with Crippen LogP contribution in [-0.2, 0) is 18.6 Å². The topological polar surface area (TPSA) is 38.0 Å². The van der Waals surface area contributed by atoms with E-state index in [2.05, 4.69) is 5.10 Å². The molecular weight excluding hydrogens is 221 g/mol. The van der Waals surface area contributed by atoms with Crippen molar-refractivity contribution in [2.45, 2.75) is 31.0 Å². The van der Waals surface area contributed by atoms with Crippen molar-refractivity contribution in [3.8, 4) is 0 Å². The van der Waals surface area contributed by atoms with E-state index in [4.69, 9.17) is 0 Å². The second kappa shape index (κ2) is 2.45. The Bertz CT molecular complexity index is 479. The molecule has 0 saturated heterocycles. The Hall–Kier alpha value is -1.04. The summed E-state index contributed by atoms with van der Waals surface area (Å²) in [4.78, 5) is 0. The third-order valence-electron chi connectivity index (χ3n) is 3.89. The number of aliphatic hydroxyl groups is 1. The summed E-state index contributed by atoms with van der Waals surface area (Å²) >= 11 is 0. The number of alkyl halides is 3. The van der Waals surface area contributed by atoms with E-state index in [-0.39, 0.29) is 11.5 Å². The average molecular weight is 232 g/mol. The molecule has 1 fully saturated rings. The number of hydrogen-bond acceptors (Lipinski definition) is 2. The highest BCUT2D eigenvalue weighted by atomic mass is 19.4. The van der Waals surface area contributed by atoms with Gasteiger partial charge >= 0.3 is 6.18 Å². The summed E-state index contributed by atoms with van der Waals surface area (Å²) in [6, 6.07) is 0. The van der Waals surface area contributed by atoms with Gasteiger partial charge in [-0.25, -0.2) is 0 Å². The fourth-order valence-electron chi connectivity index (χ4n) is 2.97. The van der Waals surface area contributed by atoms with Gasteiger partial charge in [0, 0.05) is 23.9 Å². The van der Waals surface area contributed by atoms with Crippen molar-refractivity contribution in [2.75, 3.05) is 0 Å². The number of aryl methyl sites for hydroxylation is 1. The van der Waals surface area contributed by atoms with E-state index in [9.17, 15) is 18.3 Å². The molecule has 1 N–H and O–H groups in total. The first-order valence-electron chi connectivity index (χ1n) is 5.09. The van der Waals surface area contributed by atoms with Gasteiger partial charge in [0.25, 0.3) is 0 Å². The van der Waals surface area contributed by atoms with Crippen LogP contribution in [0, 0.1) is 5.92 Å². The Morgan fingerprint density at radius 3 is 2.69 bits per heavy atom. The van der Waals surface area contributed by atoms with E-state index in [1.165, 1.54) is 11.7 Å². The summed E-state index contributed by atoms with van der Waals surface area (Å²) in [6.07, 6.45) is -4.62. The van der Waals surface area contributed by atoms with Crippen LogP contribution in [0.4, 0.5) is 13.2 Å². The predicted molar refractivity (Wildman–Crippen MR) is 48.6 cm³/mol. The van der Waals surface area contributed by atoms with Crippen molar-refractivity contribution in [1.29, 1.82) is 0 Å². The van der Waals surface area contributed by atoms with E-state index in [0.717, 1.165) is 0 Å². The number of fused-ring (bicyclic) bond motifs is 3. The highest BCUT2D eigenvalue weighted by Crippen LogP contribution is 2.67. The quantitative estimate of drug-likeness (QED) is 0.740. The Labute approximate surface area is 89.9 Å². The van der Waals surface area contributed by atoms with Crippen molar-refractivity contribution in [3.05, 3.63) is 17.0 Å². The predicted octanol–water partition coefficient (Wildman–Crippen LogP) is 1.76. The monoisotopic (exact) mass is 232 g/mol. The Balaban J connectivity index is 2.26. The number of halogens is 3. The third-order valence-corrected chi connectivity index (χ3v) is 3.89. The fourth-order valence-corrected chi connectivity index (χ4v) is 2.97. The number of rotatable bonds is 0. The van der Waals surface area contributed by atoms with Gasteiger partial charge in [-0.1, -0.05) is 6.92 Å². The number of aromatic nitrogens is 2. The third kappa shape index (κ3) is 0.959. The van der Waals surface area contributed by atoms with Gasteiger partial charge in [-0.05, 0) is 6.42 Å². The number of aliphatic hydroxyl groups excluding tert-OH is 1. The molecule has 1 saturated carbocycles. The van der Waals surface area contributed by atoms with Gasteiger partial charge in [0.05, 0.1) is 11.8 Å². The van der Waals surface area contributed by atoms with E-state index < -0.39 is 23.4 Å². The molecule has 1 aromatic heterocycles. The zero-order valence-electron chi connectivity index (χ0n) is 8.84. The first-order chi connectivity index (χ1) is 7.27. The molecule has 0 aromatic carbocycles. The minimum Gasteiger partial charge on any atom is -0.386 e. The largest absolute Gasteiger partial charge is 0.435 e. The standard InChI is InChI=1S/C10H11F3N2O/c1-9-3-4(9)7(16)6-5(9)8(10(11,12)13)14-15(6)2/h4,7,16H,3H2,1-2H3. The molecule has 1 heterocycles. The minimum absolute atomic E-state index is 0.0622. The molecule has 0 radical (unpaired) electrons. The van der Waals surface area contributed by atoms with Crippen LogP contribution in [0.1, 0.15) is 36.4 Å². The van der Waals surface area contributed by atoms with Crippen LogP contribution in [0.3, 0.4) is 0 Å². The molecule has 0 aliphatic heterocycles. The fraction of sp³-hybridized carbons (Fsp3) is 0.700. The van der Waals surface area contributed by atoms with Crippen LogP contribution in [0.2, 0.25) is 0 Å². The van der Waals surface area contributed by atoms with Crippen LogP contribution in [0.15, 0.2) is 0 Å². The molecule has 3 rings (SSSR count). The van der Waals surface area contributed by atoms with Gasteiger partial charge in [-0.3, -0.25) is 4.68 Å². The molecule has 16 heavy (non-hydrogen) atoms. The average Bonchev–Trinajstić information content (AvgIpc) is 2.59. The van der Waals surface area contributed by atoms with E-state index in [1.807, 2.05) is 0 Å². The highest BCUT2D eigenvalue weighted by molar-refractivity contribution is 5.49. The van der Waals surface area contributed by atoms with Crippen LogP contribution < -0.4 is 0 Å². The molecule has 3 atom stereocenters. The van der Waals surface area contributed by atoms with Crippen LogP contribution in [0.5, 0.6) is 0 Å². The molecule has 0 amide bonds. The zero-order valence-corrected chi connectivity index (χ0v) is 8.84. The van der Waals surface area contributed by atoms with Gasteiger partial charge in [-0.2, -0.15) is 18.3 Å². The molecule has 1 aromatic rings. The lowest BCUT2D eigenvalue weighted by Crippen LogP contribution is -2.13. The first-order valence-corrected chi connectivity index (χ1v) is 5.09. The molecule has 0 spiro atoms. The summed E-state index contributed by atoms with van der Waals surface area (Å²) < 4.78 is 39.5. The van der Waals surface area contributed by atoms with Gasteiger partial charge in [0.2, 0.25) is 0 Å². The van der Waals surface area contributed by atoms with E-state index >= 15 is 0 Å². The molecule has 3 nitrogen and oxygen atoms in total. The second-order valence-electron chi connectivity index (χ2n) is 4.90. The van der Waals surface area contributed by atoms with Gasteiger partial charge in [-0.15, -0.1) is 0 Å². The normalized spacial score (nSPS) is 36.1. The lowest BCUT2D eigenvalue weighted by molar-refractivity contribution is -0.142. The first kappa shape index (κ1) is 10.1. The van der Waals surface area contributed by atoms with Crippen molar-refractivity contribution < 1.29 is 18.3 Å². The van der Waals surface area contributed by atoms with Crippen LogP contribution in [0.25, 0.3) is 0 Å². The maximum absolute atomic E-state index is 12.8. The maximum Gasteiger partial charge on any atom is 0.435 e. The molecule has 0 bridgehead atoms. The number of nitrogens with zero attached hydrogens (tertiary/aromatic N) is 2. The maximum atomic E-state index is 12.8. The second-order valence-corrected chi connectivity index (χ2v) is 4.90. The minimum atomic E-state index is -4.44. The zero-order chi connectivity index (χ0) is 11.9. The molecule has 88 valence electrons. The SMILES string of the molecule is Cn1nc(C(F)(F)F)c2c1C(O)C1CC21C. The van der Waals surface area contributed by atoms with Crippen molar-refractivity contribution in [1.82, 2.24) is 9.78 Å². The van der Waals surface area contributed by atoms with Crippen molar-refractivity contribution in [3.63, 3.8) is 0 Å². The highest BCUT2D eigenvalue weighted by Gasteiger charge is 2.66.